The van der Waals surface area contributed by atoms with Crippen LogP contribution in [0.1, 0.15) is 5.56 Å². The van der Waals surface area contributed by atoms with E-state index in [0.29, 0.717) is 34.8 Å². The molecule has 0 fully saturated rings. The number of para-hydroxylation sites is 1. The second-order valence-electron chi connectivity index (χ2n) is 7.56. The van der Waals surface area contributed by atoms with Crippen molar-refractivity contribution in [2.24, 2.45) is 0 Å². The summed E-state index contributed by atoms with van der Waals surface area (Å²) in [7, 11) is 7.18. The minimum Gasteiger partial charge on any atom is -0.493 e. The van der Waals surface area contributed by atoms with Crippen molar-refractivity contribution in [2.45, 2.75) is 6.54 Å². The molecule has 1 heterocycles. The number of ether oxygens (including phenoxy) is 2. The van der Waals surface area contributed by atoms with Crippen molar-refractivity contribution in [3.05, 3.63) is 82.6 Å². The van der Waals surface area contributed by atoms with Crippen LogP contribution in [0.5, 0.6) is 11.5 Å². The highest BCUT2D eigenvalue weighted by molar-refractivity contribution is 5.80. The number of rotatable bonds is 7. The van der Waals surface area contributed by atoms with Gasteiger partial charge in [0.05, 0.1) is 31.7 Å². The predicted molar refractivity (Wildman–Crippen MR) is 128 cm³/mol. The molecule has 3 aromatic carbocycles. The van der Waals surface area contributed by atoms with E-state index in [1.54, 1.807) is 26.4 Å². The highest BCUT2D eigenvalue weighted by atomic mass is 16.5. The van der Waals surface area contributed by atoms with E-state index in [-0.39, 0.29) is 5.56 Å². The van der Waals surface area contributed by atoms with Crippen molar-refractivity contribution in [3.8, 4) is 22.9 Å². The van der Waals surface area contributed by atoms with Gasteiger partial charge in [-0.2, -0.15) is 0 Å². The minimum atomic E-state index is -0.162. The summed E-state index contributed by atoms with van der Waals surface area (Å²) in [5, 5.41) is 0.548. The number of fused-ring (bicyclic) bond motifs is 1. The molecule has 0 amide bonds. The highest BCUT2D eigenvalue weighted by Gasteiger charge is 2.15. The van der Waals surface area contributed by atoms with E-state index >= 15 is 0 Å². The zero-order chi connectivity index (χ0) is 22.7. The molecule has 0 unspecified atom stereocenters. The van der Waals surface area contributed by atoms with Crippen LogP contribution in [0.2, 0.25) is 0 Å². The average molecular weight is 431 g/mol. The summed E-state index contributed by atoms with van der Waals surface area (Å²) in [4.78, 5) is 20.2. The fourth-order valence-electron chi connectivity index (χ4n) is 3.53. The number of benzene rings is 3. The molecule has 0 bridgehead atoms. The first-order valence-corrected chi connectivity index (χ1v) is 10.3. The number of hydrogen-bond donors (Lipinski definition) is 1. The maximum atomic E-state index is 13.4. The molecule has 7 nitrogen and oxygen atoms in total. The third kappa shape index (κ3) is 4.09. The number of nitrogens with one attached hydrogen (secondary N) is 1. The molecule has 0 atom stereocenters. The Morgan fingerprint density at radius 3 is 2.34 bits per heavy atom. The van der Waals surface area contributed by atoms with Gasteiger partial charge in [-0.05, 0) is 48.0 Å². The molecular formula is C25H26N4O3. The smallest absolute Gasteiger partial charge is 0.280 e. The van der Waals surface area contributed by atoms with Gasteiger partial charge in [0.2, 0.25) is 0 Å². The summed E-state index contributed by atoms with van der Waals surface area (Å²) in [6.45, 7) is 0.466. The van der Waals surface area contributed by atoms with Gasteiger partial charge in [-0.3, -0.25) is 4.79 Å². The Hall–Kier alpha value is -4.00. The molecule has 0 spiro atoms. The molecule has 1 N–H and O–H groups in total. The van der Waals surface area contributed by atoms with Crippen LogP contribution in [0.4, 0.5) is 5.69 Å². The summed E-state index contributed by atoms with van der Waals surface area (Å²) in [5.74, 6) is 1.68. The maximum Gasteiger partial charge on any atom is 0.280 e. The van der Waals surface area contributed by atoms with Gasteiger partial charge < -0.3 is 19.8 Å². The van der Waals surface area contributed by atoms with E-state index in [9.17, 15) is 4.79 Å². The molecular weight excluding hydrogens is 404 g/mol. The summed E-state index contributed by atoms with van der Waals surface area (Å²) in [5.41, 5.74) is 6.63. The zero-order valence-electron chi connectivity index (χ0n) is 18.6. The summed E-state index contributed by atoms with van der Waals surface area (Å²) >= 11 is 0. The predicted octanol–water partition coefficient (Wildman–Crippen LogP) is 3.89. The summed E-state index contributed by atoms with van der Waals surface area (Å²) in [6, 6.07) is 21.0. The molecule has 4 rings (SSSR count). The molecule has 1 aromatic heterocycles. The maximum absolute atomic E-state index is 13.4. The van der Waals surface area contributed by atoms with Crippen molar-refractivity contribution in [3.63, 3.8) is 0 Å². The van der Waals surface area contributed by atoms with Crippen molar-refractivity contribution >= 4 is 16.6 Å². The summed E-state index contributed by atoms with van der Waals surface area (Å²) in [6.07, 6.45) is 0. The van der Waals surface area contributed by atoms with Crippen LogP contribution in [-0.4, -0.2) is 38.0 Å². The molecule has 4 aromatic rings. The molecule has 7 heteroatoms. The fourth-order valence-corrected chi connectivity index (χ4v) is 3.53. The van der Waals surface area contributed by atoms with Gasteiger partial charge in [-0.15, -0.1) is 0 Å². The molecule has 0 radical (unpaired) electrons. The first-order valence-electron chi connectivity index (χ1n) is 10.3. The van der Waals surface area contributed by atoms with Crippen LogP contribution in [-0.2, 0) is 6.54 Å². The Kier molecular flexibility index (Phi) is 5.98. The van der Waals surface area contributed by atoms with Crippen molar-refractivity contribution in [1.29, 1.82) is 0 Å². The number of anilines is 1. The molecule has 0 aliphatic heterocycles. The molecule has 32 heavy (non-hydrogen) atoms. The van der Waals surface area contributed by atoms with E-state index in [4.69, 9.17) is 14.5 Å². The first kappa shape index (κ1) is 21.2. The van der Waals surface area contributed by atoms with Gasteiger partial charge >= 0.3 is 0 Å². The van der Waals surface area contributed by atoms with Crippen molar-refractivity contribution in [1.82, 2.24) is 9.66 Å². The highest BCUT2D eigenvalue weighted by Crippen LogP contribution is 2.31. The minimum absolute atomic E-state index is 0.162. The van der Waals surface area contributed by atoms with Crippen molar-refractivity contribution < 1.29 is 9.47 Å². The lowest BCUT2D eigenvalue weighted by Crippen LogP contribution is -2.31. The standard InChI is InChI=1S/C25H26N4O3/c1-28(2)19-12-9-17(10-13-19)16-26-29-24(18-11-14-22(31-3)23(15-18)32-4)27-21-8-6-5-7-20(21)25(29)30/h5-15,26H,16H2,1-4H3. The third-order valence-electron chi connectivity index (χ3n) is 5.31. The number of aromatic nitrogens is 2. The molecule has 164 valence electrons. The lowest BCUT2D eigenvalue weighted by molar-refractivity contribution is 0.355. The second-order valence-corrected chi connectivity index (χ2v) is 7.56. The topological polar surface area (TPSA) is 68.6 Å². The van der Waals surface area contributed by atoms with Crippen LogP contribution in [0.3, 0.4) is 0 Å². The van der Waals surface area contributed by atoms with Crippen molar-refractivity contribution in [2.75, 3.05) is 38.6 Å². The fraction of sp³-hybridized carbons (Fsp3) is 0.200. The van der Waals surface area contributed by atoms with Gasteiger partial charge in [0.15, 0.2) is 17.3 Å². The van der Waals surface area contributed by atoms with Gasteiger partial charge in [0.25, 0.3) is 5.56 Å². The average Bonchev–Trinajstić information content (AvgIpc) is 2.83. The first-order chi connectivity index (χ1) is 15.5. The number of hydrogen-bond acceptors (Lipinski definition) is 6. The lowest BCUT2D eigenvalue weighted by atomic mass is 10.1. The quantitative estimate of drug-likeness (QED) is 0.480. The van der Waals surface area contributed by atoms with E-state index in [1.165, 1.54) is 4.68 Å². The van der Waals surface area contributed by atoms with E-state index in [1.807, 2.05) is 73.6 Å². The monoisotopic (exact) mass is 430 g/mol. The normalized spacial score (nSPS) is 10.8. The zero-order valence-corrected chi connectivity index (χ0v) is 18.6. The Bertz CT molecular complexity index is 1300. The lowest BCUT2D eigenvalue weighted by Gasteiger charge is -2.17. The third-order valence-corrected chi connectivity index (χ3v) is 5.31. The van der Waals surface area contributed by atoms with Gasteiger partial charge in [0.1, 0.15) is 0 Å². The van der Waals surface area contributed by atoms with Gasteiger partial charge in [-0.1, -0.05) is 24.3 Å². The van der Waals surface area contributed by atoms with E-state index in [0.717, 1.165) is 16.8 Å². The molecule has 0 saturated carbocycles. The van der Waals surface area contributed by atoms with Gasteiger partial charge in [0, 0.05) is 25.3 Å². The Labute approximate surface area is 186 Å². The van der Waals surface area contributed by atoms with E-state index < -0.39 is 0 Å². The molecule has 0 saturated heterocycles. The number of nitrogens with zero attached hydrogens (tertiary/aromatic N) is 3. The van der Waals surface area contributed by atoms with Gasteiger partial charge in [-0.25, -0.2) is 9.66 Å². The van der Waals surface area contributed by atoms with Crippen LogP contribution in [0.25, 0.3) is 22.3 Å². The van der Waals surface area contributed by atoms with Crippen LogP contribution < -0.4 is 25.4 Å². The van der Waals surface area contributed by atoms with Crippen LogP contribution >= 0.6 is 0 Å². The Morgan fingerprint density at radius 1 is 0.938 bits per heavy atom. The Morgan fingerprint density at radius 2 is 1.66 bits per heavy atom. The van der Waals surface area contributed by atoms with Crippen LogP contribution in [0, 0.1) is 0 Å². The Balaban J connectivity index is 1.78. The summed E-state index contributed by atoms with van der Waals surface area (Å²) < 4.78 is 12.3. The molecule has 0 aliphatic carbocycles. The largest absolute Gasteiger partial charge is 0.493 e. The molecule has 0 aliphatic rings. The number of methoxy groups -OCH3 is 2. The van der Waals surface area contributed by atoms with Crippen LogP contribution in [0.15, 0.2) is 71.5 Å². The van der Waals surface area contributed by atoms with E-state index in [2.05, 4.69) is 5.43 Å². The SMILES string of the molecule is COc1ccc(-c2nc3ccccc3c(=O)n2NCc2ccc(N(C)C)cc2)cc1OC. The second kappa shape index (κ2) is 9.01.